The van der Waals surface area contributed by atoms with Gasteiger partial charge in [0.15, 0.2) is 11.4 Å². The highest BCUT2D eigenvalue weighted by atomic mass is 32.2. The number of rotatable bonds is 4. The second-order valence-electron chi connectivity index (χ2n) is 3.77. The molecule has 0 aliphatic heterocycles. The smallest absolute Gasteiger partial charge is 0.358 e. The summed E-state index contributed by atoms with van der Waals surface area (Å²) in [5.41, 5.74) is -0.233. The minimum Gasteiger partial charge on any atom is -0.476 e. The molecule has 0 spiro atoms. The van der Waals surface area contributed by atoms with Gasteiger partial charge >= 0.3 is 5.97 Å². The molecule has 1 aromatic carbocycles. The molecule has 2 rings (SSSR count). The zero-order valence-electron chi connectivity index (χ0n) is 10.1. The Labute approximate surface area is 114 Å². The van der Waals surface area contributed by atoms with E-state index in [1.54, 1.807) is 0 Å². The van der Waals surface area contributed by atoms with E-state index in [0.717, 1.165) is 0 Å². The maximum absolute atomic E-state index is 11.1. The van der Waals surface area contributed by atoms with Crippen molar-refractivity contribution in [3.63, 3.8) is 0 Å². The summed E-state index contributed by atoms with van der Waals surface area (Å²) in [6, 6.07) is 8.25. The molecule has 104 valence electrons. The molecule has 0 aliphatic carbocycles. The van der Waals surface area contributed by atoms with E-state index >= 15 is 0 Å². The van der Waals surface area contributed by atoms with E-state index < -0.39 is 16.0 Å². The second kappa shape index (κ2) is 5.27. The van der Waals surface area contributed by atoms with E-state index in [4.69, 9.17) is 15.0 Å². The molecule has 0 bridgehead atoms. The number of hydrogen-bond donors (Lipinski definition) is 2. The largest absolute Gasteiger partial charge is 0.476 e. The van der Waals surface area contributed by atoms with Crippen molar-refractivity contribution in [2.75, 3.05) is 0 Å². The zero-order valence-corrected chi connectivity index (χ0v) is 10.9. The molecule has 0 saturated heterocycles. The van der Waals surface area contributed by atoms with Crippen molar-refractivity contribution < 1.29 is 23.1 Å². The molecule has 0 amide bonds. The van der Waals surface area contributed by atoms with Gasteiger partial charge in [-0.15, -0.1) is 0 Å². The normalized spacial score (nSPS) is 11.1. The number of hydrogen-bond acceptors (Lipinski definition) is 5. The summed E-state index contributed by atoms with van der Waals surface area (Å²) in [5.74, 6) is -0.891. The van der Waals surface area contributed by atoms with Crippen molar-refractivity contribution in [1.29, 1.82) is 0 Å². The van der Waals surface area contributed by atoms with Crippen LogP contribution in [-0.4, -0.2) is 24.5 Å². The predicted octanol–water partition coefficient (Wildman–Crippen LogP) is 1.22. The fourth-order valence-corrected chi connectivity index (χ4v) is 1.97. The summed E-state index contributed by atoms with van der Waals surface area (Å²) in [6.07, 6.45) is 1.33. The Hall–Kier alpha value is -2.45. The monoisotopic (exact) mass is 294 g/mol. The Bertz CT molecular complexity index is 741. The Morgan fingerprint density at radius 3 is 2.40 bits per heavy atom. The van der Waals surface area contributed by atoms with Crippen LogP contribution in [0.3, 0.4) is 0 Å². The van der Waals surface area contributed by atoms with Gasteiger partial charge in [0.25, 0.3) is 0 Å². The summed E-state index contributed by atoms with van der Waals surface area (Å²) < 4.78 is 27.5. The third-order valence-electron chi connectivity index (χ3n) is 2.35. The fourth-order valence-electron chi connectivity index (χ4n) is 1.46. The fraction of sp³-hybridized carbons (Fsp3) is 0. The molecule has 8 heteroatoms. The van der Waals surface area contributed by atoms with Crippen LogP contribution in [0, 0.1) is 0 Å². The molecule has 0 atom stereocenters. The van der Waals surface area contributed by atoms with Crippen molar-refractivity contribution in [3.8, 4) is 11.5 Å². The van der Waals surface area contributed by atoms with E-state index in [0.29, 0.717) is 0 Å². The van der Waals surface area contributed by atoms with Crippen LogP contribution in [0.15, 0.2) is 47.5 Å². The van der Waals surface area contributed by atoms with E-state index in [-0.39, 0.29) is 22.1 Å². The number of carbonyl (C=O) groups is 1. The van der Waals surface area contributed by atoms with Crippen molar-refractivity contribution in [2.45, 2.75) is 4.90 Å². The van der Waals surface area contributed by atoms with E-state index in [9.17, 15) is 13.2 Å². The number of nitrogens with two attached hydrogens (primary N) is 1. The van der Waals surface area contributed by atoms with E-state index in [1.165, 1.54) is 42.6 Å². The number of carboxylic acid groups (broad SMARTS) is 1. The molecule has 1 heterocycles. The van der Waals surface area contributed by atoms with Crippen LogP contribution in [0.2, 0.25) is 0 Å². The molecule has 3 N–H and O–H groups in total. The van der Waals surface area contributed by atoms with Gasteiger partial charge in [0, 0.05) is 6.20 Å². The molecular weight excluding hydrogens is 284 g/mol. The van der Waals surface area contributed by atoms with Crippen molar-refractivity contribution in [1.82, 2.24) is 4.98 Å². The highest BCUT2D eigenvalue weighted by Crippen LogP contribution is 2.24. The molecule has 0 saturated carbocycles. The number of carboxylic acids is 1. The van der Waals surface area contributed by atoms with Crippen LogP contribution in [0.4, 0.5) is 0 Å². The Morgan fingerprint density at radius 1 is 1.20 bits per heavy atom. The summed E-state index contributed by atoms with van der Waals surface area (Å²) in [6.45, 7) is 0. The molecule has 20 heavy (non-hydrogen) atoms. The maximum atomic E-state index is 11.1. The molecule has 7 nitrogen and oxygen atoms in total. The first-order valence-electron chi connectivity index (χ1n) is 5.37. The van der Waals surface area contributed by atoms with E-state index in [2.05, 4.69) is 4.98 Å². The first-order chi connectivity index (χ1) is 9.38. The van der Waals surface area contributed by atoms with Crippen molar-refractivity contribution in [3.05, 3.63) is 48.3 Å². The minimum atomic E-state index is -3.78. The second-order valence-corrected chi connectivity index (χ2v) is 5.34. The molecule has 0 unspecified atom stereocenters. The van der Waals surface area contributed by atoms with Crippen LogP contribution in [-0.2, 0) is 10.0 Å². The quantitative estimate of drug-likeness (QED) is 0.874. The van der Waals surface area contributed by atoms with Gasteiger partial charge in [0.2, 0.25) is 10.0 Å². The first-order valence-corrected chi connectivity index (χ1v) is 6.91. The van der Waals surface area contributed by atoms with Gasteiger partial charge in [0.05, 0.1) is 4.90 Å². The highest BCUT2D eigenvalue weighted by molar-refractivity contribution is 7.89. The summed E-state index contributed by atoms with van der Waals surface area (Å²) in [4.78, 5) is 14.6. The van der Waals surface area contributed by atoms with Crippen LogP contribution in [0.25, 0.3) is 0 Å². The third kappa shape index (κ3) is 3.11. The SMILES string of the molecule is NS(=O)(=O)c1ccc(Oc2cccnc2C(=O)O)cc1. The topological polar surface area (TPSA) is 120 Å². The third-order valence-corrected chi connectivity index (χ3v) is 3.28. The molecule has 2 aromatic rings. The molecule has 0 fully saturated rings. The highest BCUT2D eigenvalue weighted by Gasteiger charge is 2.13. The Kier molecular flexibility index (Phi) is 3.68. The molecule has 0 radical (unpaired) electrons. The lowest BCUT2D eigenvalue weighted by molar-refractivity contribution is 0.0687. The van der Waals surface area contributed by atoms with Gasteiger partial charge in [-0.1, -0.05) is 0 Å². The summed E-state index contributed by atoms with van der Waals surface area (Å²) >= 11 is 0. The number of nitrogens with zero attached hydrogens (tertiary/aromatic N) is 1. The molecule has 0 aliphatic rings. The van der Waals surface area contributed by atoms with Gasteiger partial charge in [-0.25, -0.2) is 23.3 Å². The molecule has 1 aromatic heterocycles. The van der Waals surface area contributed by atoms with Crippen molar-refractivity contribution in [2.24, 2.45) is 5.14 Å². The number of sulfonamides is 1. The number of ether oxygens (including phenoxy) is 1. The summed E-state index contributed by atoms with van der Waals surface area (Å²) in [5, 5.41) is 13.9. The van der Waals surface area contributed by atoms with Crippen LogP contribution >= 0.6 is 0 Å². The zero-order chi connectivity index (χ0) is 14.8. The Morgan fingerprint density at radius 2 is 1.85 bits per heavy atom. The predicted molar refractivity (Wildman–Crippen MR) is 69.1 cm³/mol. The lowest BCUT2D eigenvalue weighted by Gasteiger charge is -2.08. The average molecular weight is 294 g/mol. The number of aromatic carboxylic acids is 1. The Balaban J connectivity index is 2.30. The van der Waals surface area contributed by atoms with Gasteiger partial charge in [-0.3, -0.25) is 0 Å². The molecular formula is C12H10N2O5S. The number of benzene rings is 1. The first kappa shape index (κ1) is 14.0. The van der Waals surface area contributed by atoms with Crippen LogP contribution in [0.5, 0.6) is 11.5 Å². The number of primary sulfonamides is 1. The van der Waals surface area contributed by atoms with Gasteiger partial charge in [-0.2, -0.15) is 0 Å². The summed E-state index contributed by atoms with van der Waals surface area (Å²) in [7, 11) is -3.78. The number of aromatic nitrogens is 1. The maximum Gasteiger partial charge on any atom is 0.358 e. The van der Waals surface area contributed by atoms with Gasteiger partial charge in [-0.05, 0) is 36.4 Å². The van der Waals surface area contributed by atoms with Crippen molar-refractivity contribution >= 4 is 16.0 Å². The van der Waals surface area contributed by atoms with Crippen LogP contribution in [0.1, 0.15) is 10.5 Å². The van der Waals surface area contributed by atoms with Crippen LogP contribution < -0.4 is 9.88 Å². The number of pyridine rings is 1. The van der Waals surface area contributed by atoms with E-state index in [1.807, 2.05) is 0 Å². The van der Waals surface area contributed by atoms with Gasteiger partial charge < -0.3 is 9.84 Å². The minimum absolute atomic E-state index is 0.0587. The average Bonchev–Trinajstić information content (AvgIpc) is 2.38. The van der Waals surface area contributed by atoms with Gasteiger partial charge in [0.1, 0.15) is 5.75 Å². The lowest BCUT2D eigenvalue weighted by atomic mass is 10.3. The lowest BCUT2D eigenvalue weighted by Crippen LogP contribution is -2.11. The standard InChI is InChI=1S/C12H10N2O5S/c13-20(17,18)9-5-3-8(4-6-9)19-10-2-1-7-14-11(10)12(15)16/h1-7H,(H,15,16)(H2,13,17,18).